The molecule has 0 fully saturated rings. The van der Waals surface area contributed by atoms with Crippen LogP contribution < -0.4 is 15.4 Å². The summed E-state index contributed by atoms with van der Waals surface area (Å²) in [5, 5.41) is 7.15. The average molecular weight is 409 g/mol. The fraction of sp³-hybridized carbons (Fsp3) is 0.208. The number of hydrogen-bond donors (Lipinski definition) is 2. The fourth-order valence-electron chi connectivity index (χ4n) is 3.19. The smallest absolute Gasteiger partial charge is 0.246 e. The number of ether oxygens (including phenoxy) is 1. The second-order valence-electron chi connectivity index (χ2n) is 6.98. The number of rotatable bonds is 7. The summed E-state index contributed by atoms with van der Waals surface area (Å²) in [6.45, 7) is 4.00. The summed E-state index contributed by atoms with van der Waals surface area (Å²) in [5.74, 6) is 0.474. The van der Waals surface area contributed by atoms with Crippen molar-refractivity contribution in [3.05, 3.63) is 94.5 Å². The predicted octanol–water partition coefficient (Wildman–Crippen LogP) is 5.69. The Morgan fingerprint density at radius 1 is 0.966 bits per heavy atom. The van der Waals surface area contributed by atoms with E-state index in [1.807, 2.05) is 86.6 Å². The minimum atomic E-state index is -0.535. The number of amides is 1. The van der Waals surface area contributed by atoms with Crippen molar-refractivity contribution in [1.82, 2.24) is 5.32 Å². The Morgan fingerprint density at radius 2 is 1.66 bits per heavy atom. The van der Waals surface area contributed by atoms with Crippen LogP contribution in [0.3, 0.4) is 0 Å². The molecule has 0 radical (unpaired) electrons. The van der Waals surface area contributed by atoms with Crippen LogP contribution in [0.4, 0.5) is 5.69 Å². The van der Waals surface area contributed by atoms with Crippen molar-refractivity contribution in [3.63, 3.8) is 0 Å². The molecule has 0 saturated heterocycles. The largest absolute Gasteiger partial charge is 0.495 e. The highest BCUT2D eigenvalue weighted by Crippen LogP contribution is 2.28. The van der Waals surface area contributed by atoms with E-state index in [2.05, 4.69) is 10.6 Å². The Morgan fingerprint density at radius 3 is 2.31 bits per heavy atom. The lowest BCUT2D eigenvalue weighted by Crippen LogP contribution is -2.34. The molecule has 0 heterocycles. The highest BCUT2D eigenvalue weighted by Gasteiger charge is 2.24. The molecule has 0 aromatic heterocycles. The zero-order valence-electron chi connectivity index (χ0n) is 16.8. The van der Waals surface area contributed by atoms with Crippen molar-refractivity contribution in [2.45, 2.75) is 25.9 Å². The number of halogens is 1. The van der Waals surface area contributed by atoms with Gasteiger partial charge in [0, 0.05) is 11.1 Å². The maximum Gasteiger partial charge on any atom is 0.246 e. The summed E-state index contributed by atoms with van der Waals surface area (Å²) < 4.78 is 5.40. The molecular weight excluding hydrogens is 384 g/mol. The van der Waals surface area contributed by atoms with Crippen LogP contribution in [0.1, 0.15) is 35.7 Å². The summed E-state index contributed by atoms with van der Waals surface area (Å²) in [7, 11) is 1.59. The number of benzene rings is 3. The molecule has 3 aromatic carbocycles. The lowest BCUT2D eigenvalue weighted by Gasteiger charge is -2.24. The molecule has 0 aliphatic carbocycles. The molecular formula is C24H25ClN2O2. The van der Waals surface area contributed by atoms with Gasteiger partial charge in [0.15, 0.2) is 0 Å². The molecule has 1 amide bonds. The van der Waals surface area contributed by atoms with E-state index in [-0.39, 0.29) is 11.9 Å². The van der Waals surface area contributed by atoms with E-state index in [4.69, 9.17) is 16.3 Å². The second kappa shape index (κ2) is 9.59. The molecule has 29 heavy (non-hydrogen) atoms. The molecule has 0 saturated carbocycles. The molecule has 0 aliphatic heterocycles. The number of anilines is 1. The number of methoxy groups -OCH3 is 1. The normalized spacial score (nSPS) is 12.8. The van der Waals surface area contributed by atoms with Crippen LogP contribution in [-0.2, 0) is 4.79 Å². The Labute approximate surface area is 176 Å². The maximum atomic E-state index is 13.3. The number of carbonyl (C=O) groups is 1. The van der Waals surface area contributed by atoms with Crippen LogP contribution in [0, 0.1) is 6.92 Å². The third kappa shape index (κ3) is 5.37. The summed E-state index contributed by atoms with van der Waals surface area (Å²) in [6.07, 6.45) is 0. The van der Waals surface area contributed by atoms with E-state index in [9.17, 15) is 4.79 Å². The minimum absolute atomic E-state index is 0.0531. The van der Waals surface area contributed by atoms with E-state index >= 15 is 0 Å². The van der Waals surface area contributed by atoms with Gasteiger partial charge < -0.3 is 10.1 Å². The van der Waals surface area contributed by atoms with E-state index in [0.717, 1.165) is 16.7 Å². The fourth-order valence-corrected chi connectivity index (χ4v) is 3.32. The van der Waals surface area contributed by atoms with Gasteiger partial charge in [-0.15, -0.1) is 0 Å². The van der Waals surface area contributed by atoms with Crippen LogP contribution in [0.2, 0.25) is 5.02 Å². The Bertz CT molecular complexity index is 958. The molecule has 5 heteroatoms. The van der Waals surface area contributed by atoms with Crippen molar-refractivity contribution in [1.29, 1.82) is 0 Å². The van der Waals surface area contributed by atoms with Gasteiger partial charge in [-0.25, -0.2) is 0 Å². The molecule has 3 rings (SSSR count). The third-order valence-electron chi connectivity index (χ3n) is 4.79. The summed E-state index contributed by atoms with van der Waals surface area (Å²) in [6, 6.07) is 22.4. The van der Waals surface area contributed by atoms with Gasteiger partial charge in [-0.3, -0.25) is 10.1 Å². The Balaban J connectivity index is 1.86. The molecule has 3 aromatic rings. The van der Waals surface area contributed by atoms with Crippen LogP contribution in [0.15, 0.2) is 72.8 Å². The van der Waals surface area contributed by atoms with E-state index < -0.39 is 6.04 Å². The highest BCUT2D eigenvalue weighted by atomic mass is 35.5. The summed E-state index contributed by atoms with van der Waals surface area (Å²) in [5.41, 5.74) is 3.63. The standard InChI is InChI=1S/C24H25ClN2O2/c1-16-9-14-22(29-3)21(15-16)27-24(28)23(19-7-5-4-6-8-19)26-17(2)18-10-12-20(25)13-11-18/h4-15,17,23,26H,1-3H3,(H,27,28)/t17-,23+/m0/s1. The van der Waals surface area contributed by atoms with Gasteiger partial charge >= 0.3 is 0 Å². The lowest BCUT2D eigenvalue weighted by atomic mass is 10.0. The van der Waals surface area contributed by atoms with Crippen LogP contribution in [0.5, 0.6) is 5.75 Å². The van der Waals surface area contributed by atoms with Gasteiger partial charge in [-0.2, -0.15) is 0 Å². The van der Waals surface area contributed by atoms with Crippen molar-refractivity contribution in [3.8, 4) is 5.75 Å². The van der Waals surface area contributed by atoms with E-state index in [1.165, 1.54) is 0 Å². The topological polar surface area (TPSA) is 50.4 Å². The molecule has 0 aliphatic rings. The Hall–Kier alpha value is -2.82. The Kier molecular flexibility index (Phi) is 6.91. The molecule has 150 valence electrons. The number of carbonyl (C=O) groups excluding carboxylic acids is 1. The maximum absolute atomic E-state index is 13.3. The van der Waals surface area contributed by atoms with Gasteiger partial charge in [0.05, 0.1) is 12.8 Å². The molecule has 2 atom stereocenters. The van der Waals surface area contributed by atoms with Crippen molar-refractivity contribution < 1.29 is 9.53 Å². The van der Waals surface area contributed by atoms with Crippen LogP contribution in [0.25, 0.3) is 0 Å². The van der Waals surface area contributed by atoms with Crippen molar-refractivity contribution >= 4 is 23.2 Å². The first-order chi connectivity index (χ1) is 14.0. The second-order valence-corrected chi connectivity index (χ2v) is 7.41. The first-order valence-electron chi connectivity index (χ1n) is 9.50. The quantitative estimate of drug-likeness (QED) is 0.528. The third-order valence-corrected chi connectivity index (χ3v) is 5.05. The molecule has 0 spiro atoms. The first kappa shape index (κ1) is 20.9. The first-order valence-corrected chi connectivity index (χ1v) is 9.87. The SMILES string of the molecule is COc1ccc(C)cc1NC(=O)[C@H](N[C@@H](C)c1ccc(Cl)cc1)c1ccccc1. The minimum Gasteiger partial charge on any atom is -0.495 e. The summed E-state index contributed by atoms with van der Waals surface area (Å²) >= 11 is 6.00. The number of hydrogen-bond acceptors (Lipinski definition) is 3. The molecule has 0 unspecified atom stereocenters. The van der Waals surface area contributed by atoms with Crippen LogP contribution >= 0.6 is 11.6 Å². The van der Waals surface area contributed by atoms with E-state index in [0.29, 0.717) is 16.5 Å². The molecule has 0 bridgehead atoms. The van der Waals surface area contributed by atoms with Gasteiger partial charge in [0.2, 0.25) is 5.91 Å². The van der Waals surface area contributed by atoms with Crippen molar-refractivity contribution in [2.24, 2.45) is 0 Å². The lowest BCUT2D eigenvalue weighted by molar-refractivity contribution is -0.118. The molecule has 4 nitrogen and oxygen atoms in total. The zero-order chi connectivity index (χ0) is 20.8. The molecule has 2 N–H and O–H groups in total. The highest BCUT2D eigenvalue weighted by molar-refractivity contribution is 6.30. The van der Waals surface area contributed by atoms with E-state index in [1.54, 1.807) is 7.11 Å². The number of aryl methyl sites for hydroxylation is 1. The van der Waals surface area contributed by atoms with Gasteiger partial charge in [-0.1, -0.05) is 60.1 Å². The predicted molar refractivity (Wildman–Crippen MR) is 119 cm³/mol. The monoisotopic (exact) mass is 408 g/mol. The zero-order valence-corrected chi connectivity index (χ0v) is 17.5. The van der Waals surface area contributed by atoms with Gasteiger partial charge in [-0.05, 0) is 54.8 Å². The van der Waals surface area contributed by atoms with Crippen molar-refractivity contribution in [2.75, 3.05) is 12.4 Å². The van der Waals surface area contributed by atoms with Gasteiger partial charge in [0.25, 0.3) is 0 Å². The number of nitrogens with one attached hydrogen (secondary N) is 2. The van der Waals surface area contributed by atoms with Crippen LogP contribution in [-0.4, -0.2) is 13.0 Å². The average Bonchev–Trinajstić information content (AvgIpc) is 2.73. The summed E-state index contributed by atoms with van der Waals surface area (Å²) in [4.78, 5) is 13.3. The van der Waals surface area contributed by atoms with Gasteiger partial charge in [0.1, 0.15) is 11.8 Å².